The van der Waals surface area contributed by atoms with Crippen LogP contribution in [0.25, 0.3) is 0 Å². The maximum atomic E-state index is 6.21. The minimum absolute atomic E-state index is 0.0755. The zero-order valence-electron chi connectivity index (χ0n) is 13.5. The van der Waals surface area contributed by atoms with Gasteiger partial charge in [-0.15, -0.1) is 0 Å². The standard InChI is InChI=1S/C19H18Cl2N2O/c1-11(2)19-23-17(15-9-14(21)7-8-18(15)24-19)10-16(22-23)12-3-5-13(20)6-4-12/h3-9,11,17,19H,10H2,1-2H3/t17-,19-/m0/s1. The number of benzene rings is 2. The second-order valence-corrected chi connectivity index (χ2v) is 7.46. The molecule has 0 fully saturated rings. The summed E-state index contributed by atoms with van der Waals surface area (Å²) in [5, 5.41) is 8.43. The van der Waals surface area contributed by atoms with Gasteiger partial charge in [-0.05, 0) is 35.9 Å². The predicted octanol–water partition coefficient (Wildman–Crippen LogP) is 5.52. The Balaban J connectivity index is 1.75. The van der Waals surface area contributed by atoms with Crippen LogP contribution in [0.4, 0.5) is 0 Å². The Kier molecular flexibility index (Phi) is 3.93. The van der Waals surface area contributed by atoms with Crippen LogP contribution >= 0.6 is 23.2 Å². The molecule has 0 spiro atoms. The van der Waals surface area contributed by atoms with Crippen molar-refractivity contribution in [3.63, 3.8) is 0 Å². The number of ether oxygens (including phenoxy) is 1. The molecule has 24 heavy (non-hydrogen) atoms. The van der Waals surface area contributed by atoms with E-state index < -0.39 is 0 Å². The van der Waals surface area contributed by atoms with Crippen LogP contribution in [0.5, 0.6) is 5.75 Å². The van der Waals surface area contributed by atoms with E-state index in [9.17, 15) is 0 Å². The van der Waals surface area contributed by atoms with Gasteiger partial charge in [0.25, 0.3) is 0 Å². The number of hydrogen-bond donors (Lipinski definition) is 0. The van der Waals surface area contributed by atoms with E-state index in [2.05, 4.69) is 18.9 Å². The number of hydrogen-bond acceptors (Lipinski definition) is 3. The van der Waals surface area contributed by atoms with Crippen LogP contribution in [0.15, 0.2) is 47.6 Å². The zero-order valence-corrected chi connectivity index (χ0v) is 15.1. The molecule has 2 aromatic rings. The first kappa shape index (κ1) is 15.8. The van der Waals surface area contributed by atoms with Crippen molar-refractivity contribution in [1.82, 2.24) is 5.01 Å². The van der Waals surface area contributed by atoms with Crippen LogP contribution < -0.4 is 4.74 Å². The van der Waals surface area contributed by atoms with Gasteiger partial charge < -0.3 is 4.74 Å². The zero-order chi connectivity index (χ0) is 16.8. The van der Waals surface area contributed by atoms with E-state index in [4.69, 9.17) is 33.0 Å². The highest BCUT2D eigenvalue weighted by atomic mass is 35.5. The molecule has 0 radical (unpaired) electrons. The van der Waals surface area contributed by atoms with E-state index in [0.717, 1.165) is 39.1 Å². The fourth-order valence-electron chi connectivity index (χ4n) is 3.34. The average molecular weight is 361 g/mol. The number of hydrazone groups is 1. The van der Waals surface area contributed by atoms with Crippen LogP contribution in [0.3, 0.4) is 0 Å². The van der Waals surface area contributed by atoms with Gasteiger partial charge >= 0.3 is 0 Å². The Morgan fingerprint density at radius 2 is 1.79 bits per heavy atom. The summed E-state index contributed by atoms with van der Waals surface area (Å²) in [7, 11) is 0. The van der Waals surface area contributed by atoms with E-state index in [0.29, 0.717) is 5.92 Å². The van der Waals surface area contributed by atoms with Gasteiger partial charge in [-0.1, -0.05) is 49.2 Å². The van der Waals surface area contributed by atoms with E-state index in [1.165, 1.54) is 0 Å². The molecular formula is C19H18Cl2N2O. The third-order valence-corrected chi connectivity index (χ3v) is 5.02. The molecule has 0 saturated heterocycles. The van der Waals surface area contributed by atoms with Gasteiger partial charge in [-0.25, -0.2) is 5.01 Å². The SMILES string of the molecule is CC(C)[C@@H]1Oc2ccc(Cl)cc2[C@@H]2CC(c3ccc(Cl)cc3)=NN21. The quantitative estimate of drug-likeness (QED) is 0.704. The average Bonchev–Trinajstić information content (AvgIpc) is 3.00. The highest BCUT2D eigenvalue weighted by Crippen LogP contribution is 2.45. The van der Waals surface area contributed by atoms with Crippen LogP contribution in [0.1, 0.15) is 37.4 Å². The summed E-state index contributed by atoms with van der Waals surface area (Å²) in [6.07, 6.45) is 0.759. The smallest absolute Gasteiger partial charge is 0.190 e. The summed E-state index contributed by atoms with van der Waals surface area (Å²) in [6, 6.07) is 13.8. The number of halogens is 2. The Morgan fingerprint density at radius 1 is 1.08 bits per heavy atom. The minimum Gasteiger partial charge on any atom is -0.468 e. The van der Waals surface area contributed by atoms with Crippen molar-refractivity contribution >= 4 is 28.9 Å². The molecule has 4 rings (SSSR count). The summed E-state index contributed by atoms with van der Waals surface area (Å²) in [5.74, 6) is 1.23. The van der Waals surface area contributed by atoms with Crippen LogP contribution in [-0.2, 0) is 0 Å². The lowest BCUT2D eigenvalue weighted by atomic mass is 9.95. The lowest BCUT2D eigenvalue weighted by Gasteiger charge is -2.40. The topological polar surface area (TPSA) is 24.8 Å². The van der Waals surface area contributed by atoms with Gasteiger partial charge in [0.05, 0.1) is 11.8 Å². The summed E-state index contributed by atoms with van der Waals surface area (Å²) in [4.78, 5) is 0. The fourth-order valence-corrected chi connectivity index (χ4v) is 3.65. The molecule has 0 aliphatic carbocycles. The molecule has 0 bridgehead atoms. The van der Waals surface area contributed by atoms with Crippen molar-refractivity contribution in [1.29, 1.82) is 0 Å². The molecule has 2 aromatic carbocycles. The van der Waals surface area contributed by atoms with Gasteiger partial charge in [0.2, 0.25) is 0 Å². The largest absolute Gasteiger partial charge is 0.468 e. The van der Waals surface area contributed by atoms with Crippen LogP contribution in [-0.4, -0.2) is 16.9 Å². The molecule has 0 unspecified atom stereocenters. The Bertz CT molecular complexity index is 802. The van der Waals surface area contributed by atoms with Gasteiger partial charge in [0.15, 0.2) is 6.23 Å². The second kappa shape index (κ2) is 5.98. The highest BCUT2D eigenvalue weighted by Gasteiger charge is 2.41. The number of rotatable bonds is 2. The third-order valence-electron chi connectivity index (χ3n) is 4.53. The van der Waals surface area contributed by atoms with Crippen molar-refractivity contribution in [3.05, 3.63) is 63.6 Å². The molecule has 0 amide bonds. The van der Waals surface area contributed by atoms with Crippen molar-refractivity contribution in [3.8, 4) is 5.75 Å². The summed E-state index contributed by atoms with van der Waals surface area (Å²) in [6.45, 7) is 4.30. The normalized spacial score (nSPS) is 22.0. The minimum atomic E-state index is -0.0755. The molecule has 0 saturated carbocycles. The first-order chi connectivity index (χ1) is 11.5. The Morgan fingerprint density at radius 3 is 2.50 bits per heavy atom. The molecule has 0 N–H and O–H groups in total. The van der Waals surface area contributed by atoms with Gasteiger partial charge in [-0.3, -0.25) is 0 Å². The summed E-state index contributed by atoms with van der Waals surface area (Å²) >= 11 is 12.2. The first-order valence-electron chi connectivity index (χ1n) is 8.11. The lowest BCUT2D eigenvalue weighted by molar-refractivity contribution is -0.0461. The van der Waals surface area contributed by atoms with E-state index in [1.807, 2.05) is 42.5 Å². The lowest BCUT2D eigenvalue weighted by Crippen LogP contribution is -2.43. The second-order valence-electron chi connectivity index (χ2n) is 6.59. The molecule has 5 heteroatoms. The monoisotopic (exact) mass is 360 g/mol. The van der Waals surface area contributed by atoms with Gasteiger partial charge in [-0.2, -0.15) is 5.10 Å². The van der Waals surface area contributed by atoms with Crippen molar-refractivity contribution in [2.24, 2.45) is 11.0 Å². The maximum absolute atomic E-state index is 6.21. The van der Waals surface area contributed by atoms with Crippen molar-refractivity contribution in [2.45, 2.75) is 32.5 Å². The van der Waals surface area contributed by atoms with Gasteiger partial charge in [0.1, 0.15) is 5.75 Å². The molecule has 0 aromatic heterocycles. The maximum Gasteiger partial charge on any atom is 0.190 e. The molecular weight excluding hydrogens is 343 g/mol. The van der Waals surface area contributed by atoms with E-state index in [1.54, 1.807) is 0 Å². The number of nitrogens with zero attached hydrogens (tertiary/aromatic N) is 2. The van der Waals surface area contributed by atoms with E-state index >= 15 is 0 Å². The highest BCUT2D eigenvalue weighted by molar-refractivity contribution is 6.31. The van der Waals surface area contributed by atoms with E-state index in [-0.39, 0.29) is 12.3 Å². The van der Waals surface area contributed by atoms with Crippen molar-refractivity contribution in [2.75, 3.05) is 0 Å². The first-order valence-corrected chi connectivity index (χ1v) is 8.86. The van der Waals surface area contributed by atoms with Crippen LogP contribution in [0, 0.1) is 5.92 Å². The summed E-state index contributed by atoms with van der Waals surface area (Å²) in [5.41, 5.74) is 3.26. The summed E-state index contributed by atoms with van der Waals surface area (Å²) < 4.78 is 6.20. The van der Waals surface area contributed by atoms with Gasteiger partial charge in [0, 0.05) is 27.9 Å². The fraction of sp³-hybridized carbons (Fsp3) is 0.316. The molecule has 124 valence electrons. The Labute approximate surface area is 151 Å². The molecule has 2 atom stereocenters. The Hall–Kier alpha value is -1.71. The van der Waals surface area contributed by atoms with Crippen molar-refractivity contribution < 1.29 is 4.74 Å². The molecule has 2 aliphatic heterocycles. The predicted molar refractivity (Wildman–Crippen MR) is 97.9 cm³/mol. The molecule has 2 aliphatic rings. The number of fused-ring (bicyclic) bond motifs is 3. The van der Waals surface area contributed by atoms with Crippen LogP contribution in [0.2, 0.25) is 10.0 Å². The molecule has 3 nitrogen and oxygen atoms in total. The molecule has 2 heterocycles. The third kappa shape index (κ3) is 2.66.